The molecule has 0 saturated heterocycles. The second-order valence-corrected chi connectivity index (χ2v) is 10.00. The molecule has 0 saturated carbocycles. The van der Waals surface area contributed by atoms with Crippen LogP contribution in [0.2, 0.25) is 10.0 Å². The van der Waals surface area contributed by atoms with E-state index in [-0.39, 0.29) is 26.9 Å². The lowest BCUT2D eigenvalue weighted by Gasteiger charge is -2.18. The number of alkyl halides is 6. The molecule has 0 aliphatic heterocycles. The summed E-state index contributed by atoms with van der Waals surface area (Å²) in [6.45, 7) is 1.58. The Balaban J connectivity index is 2.12. The molecule has 0 fully saturated rings. The number of benzene rings is 2. The molecule has 1 N–H and O–H groups in total. The molecule has 0 bridgehead atoms. The largest absolute Gasteiger partial charge is 0.399 e. The molecule has 0 aliphatic carbocycles. The molecule has 0 aromatic heterocycles. The summed E-state index contributed by atoms with van der Waals surface area (Å²) < 4.78 is 77.9. The van der Waals surface area contributed by atoms with Crippen molar-refractivity contribution < 1.29 is 31.1 Å². The molecule has 1 amide bonds. The molecular formula is C22H18BrCl2F6NOS. The van der Waals surface area contributed by atoms with E-state index in [0.717, 1.165) is 12.1 Å². The Kier molecular flexibility index (Phi) is 10.2. The predicted molar refractivity (Wildman–Crippen MR) is 129 cm³/mol. The van der Waals surface area contributed by atoms with Gasteiger partial charge in [0, 0.05) is 16.3 Å². The molecular weight excluding hydrogens is 591 g/mol. The highest BCUT2D eigenvalue weighted by Gasteiger charge is 2.39. The molecule has 0 heterocycles. The van der Waals surface area contributed by atoms with Crippen molar-refractivity contribution in [1.29, 1.82) is 0 Å². The van der Waals surface area contributed by atoms with Crippen LogP contribution in [0.15, 0.2) is 46.9 Å². The van der Waals surface area contributed by atoms with Crippen LogP contribution in [0.1, 0.15) is 34.3 Å². The van der Waals surface area contributed by atoms with Crippen LogP contribution >= 0.6 is 50.9 Å². The number of hydrogen-bond donors (Lipinski definition) is 1. The zero-order valence-corrected chi connectivity index (χ0v) is 21.3. The van der Waals surface area contributed by atoms with Gasteiger partial charge in [0.15, 0.2) is 0 Å². The molecule has 2 atom stereocenters. The van der Waals surface area contributed by atoms with E-state index in [1.54, 1.807) is 6.92 Å². The Morgan fingerprint density at radius 3 is 2.32 bits per heavy atom. The van der Waals surface area contributed by atoms with Gasteiger partial charge < -0.3 is 5.32 Å². The Morgan fingerprint density at radius 2 is 1.76 bits per heavy atom. The fraction of sp³-hybridized carbons (Fsp3) is 0.318. The fourth-order valence-corrected chi connectivity index (χ4v) is 4.51. The standard InChI is InChI=1S/C22H18BrCl2F6NOS/c1-12(10-34-11-21(26,27)28)32-20(33)15-5-2-13(8-17(15)23)3-6-16(22(29,30)31)14-4-7-18(24)19(25)9-14/h2-9,12,16H,10-11H2,1H3,(H,32,33)/b6-3+/t12-,16?/m1/s1. The van der Waals surface area contributed by atoms with Crippen molar-refractivity contribution in [2.75, 3.05) is 11.5 Å². The highest BCUT2D eigenvalue weighted by Crippen LogP contribution is 2.38. The third-order valence-corrected chi connectivity index (χ3v) is 7.05. The van der Waals surface area contributed by atoms with Gasteiger partial charge in [-0.05, 0) is 58.2 Å². The topological polar surface area (TPSA) is 29.1 Å². The summed E-state index contributed by atoms with van der Waals surface area (Å²) in [5.74, 6) is -3.40. The van der Waals surface area contributed by atoms with Gasteiger partial charge in [0.25, 0.3) is 5.91 Å². The second kappa shape index (κ2) is 12.1. The molecule has 0 aliphatic rings. The third-order valence-electron chi connectivity index (χ3n) is 4.39. The molecule has 0 spiro atoms. The summed E-state index contributed by atoms with van der Waals surface area (Å²) in [5.41, 5.74) is 0.513. The molecule has 34 heavy (non-hydrogen) atoms. The lowest BCUT2D eigenvalue weighted by atomic mass is 9.97. The number of carbonyl (C=O) groups is 1. The number of nitrogens with one attached hydrogen (secondary N) is 1. The van der Waals surface area contributed by atoms with Crippen LogP contribution in [0.5, 0.6) is 0 Å². The molecule has 0 radical (unpaired) electrons. The third kappa shape index (κ3) is 9.02. The van der Waals surface area contributed by atoms with Crippen molar-refractivity contribution in [2.45, 2.75) is 31.2 Å². The van der Waals surface area contributed by atoms with E-state index in [2.05, 4.69) is 21.2 Å². The lowest BCUT2D eigenvalue weighted by molar-refractivity contribution is -0.139. The number of rotatable bonds is 8. The molecule has 12 heteroatoms. The first kappa shape index (κ1) is 28.9. The van der Waals surface area contributed by atoms with E-state index in [0.29, 0.717) is 21.8 Å². The average molecular weight is 609 g/mol. The van der Waals surface area contributed by atoms with Crippen LogP contribution in [-0.2, 0) is 0 Å². The van der Waals surface area contributed by atoms with Crippen molar-refractivity contribution >= 4 is 62.9 Å². The van der Waals surface area contributed by atoms with Gasteiger partial charge in [-0.3, -0.25) is 4.79 Å². The first-order chi connectivity index (χ1) is 15.7. The van der Waals surface area contributed by atoms with E-state index in [4.69, 9.17) is 23.2 Å². The molecule has 2 aromatic carbocycles. The second-order valence-electron chi connectivity index (χ2n) is 7.30. The summed E-state index contributed by atoms with van der Waals surface area (Å²) in [4.78, 5) is 12.4. The number of allylic oxidation sites excluding steroid dienone is 1. The Hall–Kier alpha value is -1.36. The van der Waals surface area contributed by atoms with E-state index in [9.17, 15) is 31.1 Å². The normalized spacial score (nSPS) is 14.3. The van der Waals surface area contributed by atoms with Gasteiger partial charge in [-0.25, -0.2) is 0 Å². The molecule has 2 aromatic rings. The summed E-state index contributed by atoms with van der Waals surface area (Å²) in [5, 5.41) is 2.74. The first-order valence-electron chi connectivity index (χ1n) is 9.62. The van der Waals surface area contributed by atoms with Crippen molar-refractivity contribution in [2.24, 2.45) is 0 Å². The zero-order chi connectivity index (χ0) is 25.7. The minimum absolute atomic E-state index is 0.00552. The number of thioether (sulfide) groups is 1. The van der Waals surface area contributed by atoms with Gasteiger partial charge in [0.05, 0.1) is 27.3 Å². The molecule has 2 rings (SSSR count). The summed E-state index contributed by atoms with van der Waals surface area (Å²) >= 11 is 15.5. The van der Waals surface area contributed by atoms with Crippen LogP contribution in [0.3, 0.4) is 0 Å². The van der Waals surface area contributed by atoms with Gasteiger partial charge in [-0.15, -0.1) is 0 Å². The van der Waals surface area contributed by atoms with E-state index < -0.39 is 36.0 Å². The fourth-order valence-electron chi connectivity index (χ4n) is 2.84. The van der Waals surface area contributed by atoms with Crippen LogP contribution in [0.25, 0.3) is 6.08 Å². The minimum atomic E-state index is -4.58. The highest BCUT2D eigenvalue weighted by atomic mass is 79.9. The van der Waals surface area contributed by atoms with Gasteiger partial charge in [0.2, 0.25) is 0 Å². The maximum Gasteiger partial charge on any atom is 0.399 e. The van der Waals surface area contributed by atoms with Gasteiger partial charge in [0.1, 0.15) is 0 Å². The highest BCUT2D eigenvalue weighted by molar-refractivity contribution is 9.10. The van der Waals surface area contributed by atoms with Gasteiger partial charge in [-0.1, -0.05) is 47.5 Å². The maximum absolute atomic E-state index is 13.6. The summed E-state index contributed by atoms with van der Waals surface area (Å²) in [6, 6.07) is 7.51. The Bertz CT molecular complexity index is 1050. The van der Waals surface area contributed by atoms with E-state index >= 15 is 0 Å². The van der Waals surface area contributed by atoms with E-state index in [1.807, 2.05) is 0 Å². The van der Waals surface area contributed by atoms with Gasteiger partial charge in [-0.2, -0.15) is 38.1 Å². The molecule has 186 valence electrons. The number of carbonyl (C=O) groups excluding carboxylic acids is 1. The zero-order valence-electron chi connectivity index (χ0n) is 17.4. The van der Waals surface area contributed by atoms with E-state index in [1.165, 1.54) is 36.4 Å². The maximum atomic E-state index is 13.6. The van der Waals surface area contributed by atoms with Crippen molar-refractivity contribution in [3.63, 3.8) is 0 Å². The Morgan fingerprint density at radius 1 is 1.09 bits per heavy atom. The summed E-state index contributed by atoms with van der Waals surface area (Å²) in [6.07, 6.45) is -6.62. The van der Waals surface area contributed by atoms with Crippen LogP contribution < -0.4 is 5.32 Å². The van der Waals surface area contributed by atoms with Crippen LogP contribution in [0, 0.1) is 0 Å². The van der Waals surface area contributed by atoms with Gasteiger partial charge >= 0.3 is 12.4 Å². The minimum Gasteiger partial charge on any atom is -0.349 e. The number of hydrogen-bond acceptors (Lipinski definition) is 2. The number of halogens is 9. The quantitative estimate of drug-likeness (QED) is 0.304. The Labute approximate surface area is 215 Å². The number of amides is 1. The smallest absolute Gasteiger partial charge is 0.349 e. The summed E-state index contributed by atoms with van der Waals surface area (Å²) in [7, 11) is 0. The molecule has 2 nitrogen and oxygen atoms in total. The SMILES string of the molecule is C[C@H](CSCC(F)(F)F)NC(=O)c1ccc(/C=C/C(c2ccc(Cl)c(Cl)c2)C(F)(F)F)cc1Br. The average Bonchev–Trinajstić information content (AvgIpc) is 2.68. The van der Waals surface area contributed by atoms with Crippen molar-refractivity contribution in [3.05, 3.63) is 73.7 Å². The monoisotopic (exact) mass is 607 g/mol. The van der Waals surface area contributed by atoms with Crippen LogP contribution in [-0.4, -0.2) is 35.8 Å². The lowest BCUT2D eigenvalue weighted by Crippen LogP contribution is -2.34. The van der Waals surface area contributed by atoms with Crippen molar-refractivity contribution in [3.8, 4) is 0 Å². The molecule has 1 unspecified atom stereocenters. The van der Waals surface area contributed by atoms with Crippen LogP contribution in [0.4, 0.5) is 26.3 Å². The van der Waals surface area contributed by atoms with Crippen molar-refractivity contribution in [1.82, 2.24) is 5.32 Å². The predicted octanol–water partition coefficient (Wildman–Crippen LogP) is 8.53. The first-order valence-corrected chi connectivity index (χ1v) is 12.3.